The van der Waals surface area contributed by atoms with Gasteiger partial charge in [-0.2, -0.15) is 0 Å². The highest BCUT2D eigenvalue weighted by atomic mass is 16.3. The number of nitrogens with zero attached hydrogens (tertiary/aromatic N) is 1. The molecule has 2 atom stereocenters. The number of rotatable bonds is 4. The molecule has 2 aromatic carbocycles. The van der Waals surface area contributed by atoms with E-state index in [-0.39, 0.29) is 17.7 Å². The number of phenolic OH excluding ortho intramolecular Hbond substituents is 1. The van der Waals surface area contributed by atoms with Gasteiger partial charge in [0.25, 0.3) is 5.91 Å². The number of aliphatic hydroxyl groups is 2. The van der Waals surface area contributed by atoms with Gasteiger partial charge < -0.3 is 26.0 Å². The summed E-state index contributed by atoms with van der Waals surface area (Å²) in [5, 5.41) is 30.7. The van der Waals surface area contributed by atoms with Crippen LogP contribution in [0.1, 0.15) is 24.4 Å². The average molecular weight is 344 g/mol. The highest BCUT2D eigenvalue weighted by molar-refractivity contribution is 5.88. The number of nitrogens with two attached hydrogens (primary N) is 1. The maximum absolute atomic E-state index is 11.9. The molecular formula is C19H24N2O4. The topological polar surface area (TPSA) is 107 Å². The van der Waals surface area contributed by atoms with Crippen molar-refractivity contribution in [3.05, 3.63) is 42.0 Å². The van der Waals surface area contributed by atoms with Crippen LogP contribution in [0.25, 0.3) is 10.8 Å². The Bertz CT molecular complexity index is 756. The molecule has 3 rings (SSSR count). The van der Waals surface area contributed by atoms with Crippen LogP contribution in [-0.2, 0) is 4.79 Å². The molecule has 0 aliphatic carbocycles. The molecule has 0 radical (unpaired) electrons. The summed E-state index contributed by atoms with van der Waals surface area (Å²) in [4.78, 5) is 13.5. The molecule has 2 aromatic rings. The second-order valence-electron chi connectivity index (χ2n) is 6.61. The second kappa shape index (κ2) is 7.39. The third kappa shape index (κ3) is 3.46. The first kappa shape index (κ1) is 17.7. The number of fused-ring (bicyclic) bond motifs is 1. The molecule has 25 heavy (non-hydrogen) atoms. The van der Waals surface area contributed by atoms with E-state index in [4.69, 9.17) is 10.8 Å². The molecule has 0 spiro atoms. The fourth-order valence-corrected chi connectivity index (χ4v) is 3.64. The molecule has 0 aromatic heterocycles. The van der Waals surface area contributed by atoms with E-state index in [0.717, 1.165) is 16.3 Å². The van der Waals surface area contributed by atoms with Crippen molar-refractivity contribution < 1.29 is 20.1 Å². The monoisotopic (exact) mass is 344 g/mol. The minimum Gasteiger partial charge on any atom is -0.508 e. The lowest BCUT2D eigenvalue weighted by atomic mass is 9.83. The molecule has 1 aliphatic rings. The van der Waals surface area contributed by atoms with Crippen LogP contribution in [0, 0.1) is 5.92 Å². The van der Waals surface area contributed by atoms with Gasteiger partial charge in [0.1, 0.15) is 5.75 Å². The zero-order chi connectivity index (χ0) is 18.0. The summed E-state index contributed by atoms with van der Waals surface area (Å²) in [6, 6.07) is 11.0. The Balaban J connectivity index is 1.77. The molecule has 1 fully saturated rings. The van der Waals surface area contributed by atoms with Crippen molar-refractivity contribution in [2.75, 3.05) is 19.7 Å². The van der Waals surface area contributed by atoms with E-state index in [1.54, 1.807) is 11.0 Å². The summed E-state index contributed by atoms with van der Waals surface area (Å²) >= 11 is 0. The summed E-state index contributed by atoms with van der Waals surface area (Å²) < 4.78 is 0. The van der Waals surface area contributed by atoms with E-state index in [9.17, 15) is 15.0 Å². The van der Waals surface area contributed by atoms with E-state index < -0.39 is 18.6 Å². The van der Waals surface area contributed by atoms with Gasteiger partial charge in [0.05, 0.1) is 6.61 Å². The minimum atomic E-state index is -1.35. The molecule has 6 nitrogen and oxygen atoms in total. The van der Waals surface area contributed by atoms with Gasteiger partial charge in [-0.1, -0.05) is 30.3 Å². The molecule has 0 saturated carbocycles. The van der Waals surface area contributed by atoms with Crippen LogP contribution in [-0.4, -0.2) is 51.9 Å². The Morgan fingerprint density at radius 1 is 1.20 bits per heavy atom. The second-order valence-corrected chi connectivity index (χ2v) is 6.61. The summed E-state index contributed by atoms with van der Waals surface area (Å²) in [5.74, 6) is -0.116. The summed E-state index contributed by atoms with van der Waals surface area (Å²) in [6.45, 7) is 0.404. The number of carbonyl (C=O) groups excluding carboxylic acids is 1. The molecule has 6 heteroatoms. The van der Waals surface area contributed by atoms with Gasteiger partial charge in [-0.15, -0.1) is 0 Å². The summed E-state index contributed by atoms with van der Waals surface area (Å²) in [5.41, 5.74) is 7.24. The van der Waals surface area contributed by atoms with Gasteiger partial charge in [-0.3, -0.25) is 4.79 Å². The number of benzene rings is 2. The van der Waals surface area contributed by atoms with E-state index in [2.05, 4.69) is 0 Å². The molecule has 1 amide bonds. The smallest absolute Gasteiger partial charge is 0.253 e. The fraction of sp³-hybridized carbons (Fsp3) is 0.421. The predicted molar refractivity (Wildman–Crippen MR) is 94.9 cm³/mol. The van der Waals surface area contributed by atoms with E-state index in [1.165, 1.54) is 0 Å². The summed E-state index contributed by atoms with van der Waals surface area (Å²) in [7, 11) is 0. The van der Waals surface area contributed by atoms with Crippen molar-refractivity contribution in [1.82, 2.24) is 4.90 Å². The number of likely N-dealkylation sites (tertiary alicyclic amines) is 1. The first-order chi connectivity index (χ1) is 12.0. The van der Waals surface area contributed by atoms with Gasteiger partial charge in [-0.25, -0.2) is 0 Å². The lowest BCUT2D eigenvalue weighted by Crippen LogP contribution is -2.46. The Kier molecular flexibility index (Phi) is 5.22. The standard InChI is InChI=1S/C19H24N2O4/c20-18(13-7-9-21(10-8-13)19(25)16(24)11-22)17-14-4-2-1-3-12(14)5-6-15(17)23/h1-6,13,16,18,22-24H,7-11,20H2. The quantitative estimate of drug-likeness (QED) is 0.665. The summed E-state index contributed by atoms with van der Waals surface area (Å²) in [6.07, 6.45) is 0.0221. The lowest BCUT2D eigenvalue weighted by molar-refractivity contribution is -0.143. The van der Waals surface area contributed by atoms with E-state index in [1.807, 2.05) is 30.3 Å². The number of hydrogen-bond donors (Lipinski definition) is 4. The molecule has 5 N–H and O–H groups in total. The van der Waals surface area contributed by atoms with Crippen molar-refractivity contribution in [2.24, 2.45) is 11.7 Å². The maximum Gasteiger partial charge on any atom is 0.253 e. The van der Waals surface area contributed by atoms with Gasteiger partial charge in [0.2, 0.25) is 0 Å². The zero-order valence-corrected chi connectivity index (χ0v) is 14.0. The third-order valence-electron chi connectivity index (χ3n) is 5.10. The number of amides is 1. The Morgan fingerprint density at radius 3 is 2.56 bits per heavy atom. The average Bonchev–Trinajstić information content (AvgIpc) is 2.66. The van der Waals surface area contributed by atoms with Crippen LogP contribution in [0.5, 0.6) is 5.75 Å². The lowest BCUT2D eigenvalue weighted by Gasteiger charge is -2.36. The van der Waals surface area contributed by atoms with Crippen LogP contribution in [0.15, 0.2) is 36.4 Å². The highest BCUT2D eigenvalue weighted by Crippen LogP contribution is 2.37. The van der Waals surface area contributed by atoms with Crippen LogP contribution in [0.3, 0.4) is 0 Å². The predicted octanol–water partition coefficient (Wildman–Crippen LogP) is 1.14. The maximum atomic E-state index is 11.9. The van der Waals surface area contributed by atoms with Gasteiger partial charge in [-0.05, 0) is 35.6 Å². The number of aliphatic hydroxyl groups excluding tert-OH is 2. The van der Waals surface area contributed by atoms with Gasteiger partial charge >= 0.3 is 0 Å². The van der Waals surface area contributed by atoms with Crippen molar-refractivity contribution in [3.8, 4) is 5.75 Å². The van der Waals surface area contributed by atoms with Gasteiger partial charge in [0.15, 0.2) is 6.10 Å². The van der Waals surface area contributed by atoms with Crippen molar-refractivity contribution >= 4 is 16.7 Å². The number of carbonyl (C=O) groups is 1. The van der Waals surface area contributed by atoms with E-state index in [0.29, 0.717) is 25.9 Å². The van der Waals surface area contributed by atoms with Crippen molar-refractivity contribution in [2.45, 2.75) is 25.0 Å². The molecule has 134 valence electrons. The minimum absolute atomic E-state index is 0.132. The first-order valence-electron chi connectivity index (χ1n) is 8.57. The van der Waals surface area contributed by atoms with E-state index >= 15 is 0 Å². The number of phenols is 1. The number of aromatic hydroxyl groups is 1. The Labute approximate surface area is 146 Å². The third-order valence-corrected chi connectivity index (χ3v) is 5.10. The van der Waals surface area contributed by atoms with Crippen LogP contribution < -0.4 is 5.73 Å². The molecule has 1 heterocycles. The number of piperidine rings is 1. The van der Waals surface area contributed by atoms with Crippen LogP contribution in [0.2, 0.25) is 0 Å². The molecular weight excluding hydrogens is 320 g/mol. The molecule has 0 bridgehead atoms. The largest absolute Gasteiger partial charge is 0.508 e. The SMILES string of the molecule is NC(c1c(O)ccc2ccccc12)C1CCN(C(=O)C(O)CO)CC1. The normalized spacial score (nSPS) is 18.3. The fourth-order valence-electron chi connectivity index (χ4n) is 3.64. The molecule has 1 aliphatic heterocycles. The number of hydrogen-bond acceptors (Lipinski definition) is 5. The van der Waals surface area contributed by atoms with Crippen molar-refractivity contribution in [1.29, 1.82) is 0 Å². The zero-order valence-electron chi connectivity index (χ0n) is 14.0. The Morgan fingerprint density at radius 2 is 1.88 bits per heavy atom. The highest BCUT2D eigenvalue weighted by Gasteiger charge is 2.31. The van der Waals surface area contributed by atoms with Crippen molar-refractivity contribution in [3.63, 3.8) is 0 Å². The molecule has 2 unspecified atom stereocenters. The first-order valence-corrected chi connectivity index (χ1v) is 8.57. The Hall–Kier alpha value is -2.15. The van der Waals surface area contributed by atoms with Gasteiger partial charge in [0, 0.05) is 24.7 Å². The van der Waals surface area contributed by atoms with Crippen LogP contribution >= 0.6 is 0 Å². The van der Waals surface area contributed by atoms with Crippen LogP contribution in [0.4, 0.5) is 0 Å². The molecule has 1 saturated heterocycles.